The Hall–Kier alpha value is -1.75. The summed E-state index contributed by atoms with van der Waals surface area (Å²) in [6.45, 7) is 5.51. The first-order chi connectivity index (χ1) is 9.00. The van der Waals surface area contributed by atoms with Gasteiger partial charge in [0, 0.05) is 13.2 Å². The molecule has 0 amide bonds. The summed E-state index contributed by atoms with van der Waals surface area (Å²) in [5, 5.41) is 12.1. The zero-order valence-corrected chi connectivity index (χ0v) is 11.5. The van der Waals surface area contributed by atoms with E-state index in [1.54, 1.807) is 12.1 Å². The number of carbonyl (C=O) groups is 1. The highest BCUT2D eigenvalue weighted by Gasteiger charge is 2.06. The third-order valence-electron chi connectivity index (χ3n) is 2.64. The molecule has 0 saturated heterocycles. The summed E-state index contributed by atoms with van der Waals surface area (Å²) in [4.78, 5) is 10.9. The number of anilines is 2. The van der Waals surface area contributed by atoms with E-state index in [-0.39, 0.29) is 11.7 Å². The maximum absolute atomic E-state index is 10.9. The van der Waals surface area contributed by atoms with Crippen molar-refractivity contribution in [3.8, 4) is 0 Å². The quantitative estimate of drug-likeness (QED) is 0.497. The highest BCUT2D eigenvalue weighted by molar-refractivity contribution is 5.90. The Morgan fingerprint density at radius 3 is 2.79 bits per heavy atom. The van der Waals surface area contributed by atoms with Crippen LogP contribution in [-0.4, -0.2) is 30.3 Å². The molecule has 1 rings (SSSR count). The summed E-state index contributed by atoms with van der Waals surface area (Å²) in [5.74, 6) is -0.951. The van der Waals surface area contributed by atoms with Crippen molar-refractivity contribution >= 4 is 17.3 Å². The number of ether oxygens (including phenoxy) is 1. The Labute approximate surface area is 113 Å². The van der Waals surface area contributed by atoms with E-state index >= 15 is 0 Å². The fourth-order valence-corrected chi connectivity index (χ4v) is 1.61. The van der Waals surface area contributed by atoms with Crippen molar-refractivity contribution in [2.24, 2.45) is 0 Å². The van der Waals surface area contributed by atoms with Crippen LogP contribution < -0.4 is 11.1 Å². The molecule has 5 nitrogen and oxygen atoms in total. The molecule has 0 radical (unpaired) electrons. The molecule has 0 aromatic heterocycles. The SMILES string of the molecule is CC(C)OCCCCNc1cc(C(=O)O)ccc1N. The number of hydrogen-bond acceptors (Lipinski definition) is 4. The number of hydrogen-bond donors (Lipinski definition) is 3. The topological polar surface area (TPSA) is 84.6 Å². The van der Waals surface area contributed by atoms with Crippen LogP contribution >= 0.6 is 0 Å². The van der Waals surface area contributed by atoms with Crippen LogP contribution in [0.25, 0.3) is 0 Å². The predicted molar refractivity (Wildman–Crippen MR) is 76.6 cm³/mol. The second-order valence-electron chi connectivity index (χ2n) is 4.66. The van der Waals surface area contributed by atoms with Crippen molar-refractivity contribution in [3.05, 3.63) is 23.8 Å². The van der Waals surface area contributed by atoms with Crippen LogP contribution in [0.2, 0.25) is 0 Å². The molecule has 0 spiro atoms. The minimum atomic E-state index is -0.951. The molecule has 0 atom stereocenters. The van der Waals surface area contributed by atoms with Gasteiger partial charge in [0.15, 0.2) is 0 Å². The van der Waals surface area contributed by atoms with Gasteiger partial charge in [-0.3, -0.25) is 0 Å². The second-order valence-corrected chi connectivity index (χ2v) is 4.66. The molecule has 0 unspecified atom stereocenters. The van der Waals surface area contributed by atoms with E-state index in [9.17, 15) is 4.79 Å². The zero-order chi connectivity index (χ0) is 14.3. The molecule has 5 heteroatoms. The molecule has 106 valence electrons. The monoisotopic (exact) mass is 266 g/mol. The summed E-state index contributed by atoms with van der Waals surface area (Å²) in [6, 6.07) is 4.66. The third kappa shape index (κ3) is 5.61. The highest BCUT2D eigenvalue weighted by atomic mass is 16.5. The molecule has 0 fully saturated rings. The van der Waals surface area contributed by atoms with Gasteiger partial charge in [0.05, 0.1) is 23.0 Å². The van der Waals surface area contributed by atoms with Gasteiger partial charge in [0.1, 0.15) is 0 Å². The molecule has 1 aromatic rings. The number of rotatable bonds is 8. The van der Waals surface area contributed by atoms with E-state index in [2.05, 4.69) is 5.32 Å². The summed E-state index contributed by atoms with van der Waals surface area (Å²) >= 11 is 0. The van der Waals surface area contributed by atoms with Crippen molar-refractivity contribution in [2.45, 2.75) is 32.8 Å². The van der Waals surface area contributed by atoms with Gasteiger partial charge in [-0.2, -0.15) is 0 Å². The first-order valence-electron chi connectivity index (χ1n) is 6.49. The average molecular weight is 266 g/mol. The molecule has 19 heavy (non-hydrogen) atoms. The molecular formula is C14H22N2O3. The number of nitrogen functional groups attached to an aromatic ring is 1. The molecule has 0 aliphatic rings. The van der Waals surface area contributed by atoms with Crippen molar-refractivity contribution in [2.75, 3.05) is 24.2 Å². The molecule has 0 aliphatic carbocycles. The van der Waals surface area contributed by atoms with E-state index in [1.807, 2.05) is 13.8 Å². The summed E-state index contributed by atoms with van der Waals surface area (Å²) in [7, 11) is 0. The van der Waals surface area contributed by atoms with E-state index in [0.717, 1.165) is 26.0 Å². The first-order valence-corrected chi connectivity index (χ1v) is 6.49. The van der Waals surface area contributed by atoms with Crippen LogP contribution in [0.5, 0.6) is 0 Å². The standard InChI is InChI=1S/C14H22N2O3/c1-10(2)19-8-4-3-7-16-13-9-11(14(17)18)5-6-12(13)15/h5-6,9-10,16H,3-4,7-8,15H2,1-2H3,(H,17,18). The lowest BCUT2D eigenvalue weighted by molar-refractivity contribution is 0.0696. The molecule has 0 bridgehead atoms. The lowest BCUT2D eigenvalue weighted by Crippen LogP contribution is -2.08. The summed E-state index contributed by atoms with van der Waals surface area (Å²) in [6.07, 6.45) is 2.17. The maximum Gasteiger partial charge on any atom is 0.335 e. The first kappa shape index (κ1) is 15.3. The molecule has 4 N–H and O–H groups in total. The molecule has 0 heterocycles. The largest absolute Gasteiger partial charge is 0.478 e. The average Bonchev–Trinajstić information content (AvgIpc) is 2.34. The van der Waals surface area contributed by atoms with Crippen molar-refractivity contribution in [1.29, 1.82) is 0 Å². The number of carboxylic acid groups (broad SMARTS) is 1. The number of aromatic carboxylic acids is 1. The number of unbranched alkanes of at least 4 members (excludes halogenated alkanes) is 1. The van der Waals surface area contributed by atoms with Crippen LogP contribution in [-0.2, 0) is 4.74 Å². The number of nitrogens with two attached hydrogens (primary N) is 1. The van der Waals surface area contributed by atoms with Gasteiger partial charge in [0.25, 0.3) is 0 Å². The van der Waals surface area contributed by atoms with Gasteiger partial charge < -0.3 is 20.9 Å². The normalized spacial score (nSPS) is 10.7. The Bertz CT molecular complexity index is 419. The van der Waals surface area contributed by atoms with E-state index in [0.29, 0.717) is 11.4 Å². The molecular weight excluding hydrogens is 244 g/mol. The Kier molecular flexibility index (Phi) is 6.15. The lowest BCUT2D eigenvalue weighted by Gasteiger charge is -2.11. The van der Waals surface area contributed by atoms with Gasteiger partial charge >= 0.3 is 5.97 Å². The van der Waals surface area contributed by atoms with Crippen LogP contribution in [0, 0.1) is 0 Å². The Morgan fingerprint density at radius 2 is 2.16 bits per heavy atom. The zero-order valence-electron chi connectivity index (χ0n) is 11.5. The Balaban J connectivity index is 2.36. The number of benzene rings is 1. The van der Waals surface area contributed by atoms with Crippen LogP contribution in [0.15, 0.2) is 18.2 Å². The second kappa shape index (κ2) is 7.63. The van der Waals surface area contributed by atoms with Gasteiger partial charge in [-0.15, -0.1) is 0 Å². The van der Waals surface area contributed by atoms with Crippen molar-refractivity contribution < 1.29 is 14.6 Å². The smallest absolute Gasteiger partial charge is 0.335 e. The maximum atomic E-state index is 10.9. The van der Waals surface area contributed by atoms with E-state index in [4.69, 9.17) is 15.6 Å². The third-order valence-corrected chi connectivity index (χ3v) is 2.64. The van der Waals surface area contributed by atoms with E-state index < -0.39 is 5.97 Å². The predicted octanol–water partition coefficient (Wildman–Crippen LogP) is 2.58. The Morgan fingerprint density at radius 1 is 1.42 bits per heavy atom. The van der Waals surface area contributed by atoms with Crippen molar-refractivity contribution in [3.63, 3.8) is 0 Å². The number of nitrogens with one attached hydrogen (secondary N) is 1. The fraction of sp³-hybridized carbons (Fsp3) is 0.500. The van der Waals surface area contributed by atoms with Crippen LogP contribution in [0.4, 0.5) is 11.4 Å². The van der Waals surface area contributed by atoms with Gasteiger partial charge in [-0.25, -0.2) is 4.79 Å². The highest BCUT2D eigenvalue weighted by Crippen LogP contribution is 2.20. The van der Waals surface area contributed by atoms with Crippen molar-refractivity contribution in [1.82, 2.24) is 0 Å². The molecule has 0 aliphatic heterocycles. The van der Waals surface area contributed by atoms with Gasteiger partial charge in [0.2, 0.25) is 0 Å². The van der Waals surface area contributed by atoms with Gasteiger partial charge in [-0.1, -0.05) is 0 Å². The van der Waals surface area contributed by atoms with E-state index in [1.165, 1.54) is 6.07 Å². The van der Waals surface area contributed by atoms with Gasteiger partial charge in [-0.05, 0) is 44.9 Å². The van der Waals surface area contributed by atoms with Crippen LogP contribution in [0.1, 0.15) is 37.0 Å². The minimum Gasteiger partial charge on any atom is -0.478 e. The molecule has 0 saturated carbocycles. The van der Waals surface area contributed by atoms with Crippen LogP contribution in [0.3, 0.4) is 0 Å². The fourth-order valence-electron chi connectivity index (χ4n) is 1.61. The summed E-state index contributed by atoms with van der Waals surface area (Å²) in [5.41, 5.74) is 7.26. The number of carboxylic acids is 1. The lowest BCUT2D eigenvalue weighted by atomic mass is 10.1. The minimum absolute atomic E-state index is 0.236. The summed E-state index contributed by atoms with van der Waals surface area (Å²) < 4.78 is 5.44. The molecule has 1 aromatic carbocycles.